The highest BCUT2D eigenvalue weighted by atomic mass is 16.5. The van der Waals surface area contributed by atoms with Gasteiger partial charge < -0.3 is 19.2 Å². The second-order valence-electron chi connectivity index (χ2n) is 7.36. The number of aromatic nitrogens is 2. The number of ether oxygens (including phenoxy) is 2. The van der Waals surface area contributed by atoms with E-state index < -0.39 is 0 Å². The van der Waals surface area contributed by atoms with Crippen LogP contribution in [0.1, 0.15) is 17.0 Å². The van der Waals surface area contributed by atoms with Crippen molar-refractivity contribution in [1.82, 2.24) is 15.3 Å². The number of aryl methyl sites for hydroxylation is 1. The molecule has 7 heteroatoms. The molecule has 0 bridgehead atoms. The number of hydrogen-bond donors (Lipinski definition) is 1. The highest BCUT2D eigenvalue weighted by Crippen LogP contribution is 2.21. The Hall–Kier alpha value is -4.13. The number of amides is 1. The standard InChI is InChI=1S/C26H25N3O4/c1-19-23(29-26(33-19)21-8-4-2-5-9-21)16-24(30)27-17-20-12-13-25(28-18-20)32-15-14-31-22-10-6-3-7-11-22/h2-13,18H,14-17H2,1H3,(H,27,30). The van der Waals surface area contributed by atoms with Crippen molar-refractivity contribution < 1.29 is 18.7 Å². The lowest BCUT2D eigenvalue weighted by Gasteiger charge is -2.08. The van der Waals surface area contributed by atoms with Gasteiger partial charge in [-0.3, -0.25) is 4.79 Å². The van der Waals surface area contributed by atoms with Crippen molar-refractivity contribution in [2.45, 2.75) is 19.9 Å². The minimum absolute atomic E-state index is 0.135. The van der Waals surface area contributed by atoms with Gasteiger partial charge in [0.15, 0.2) is 0 Å². The molecule has 0 spiro atoms. The van der Waals surface area contributed by atoms with Gasteiger partial charge in [0.1, 0.15) is 24.7 Å². The number of nitrogens with one attached hydrogen (secondary N) is 1. The van der Waals surface area contributed by atoms with Crippen LogP contribution in [-0.4, -0.2) is 29.1 Å². The summed E-state index contributed by atoms with van der Waals surface area (Å²) < 4.78 is 16.9. The summed E-state index contributed by atoms with van der Waals surface area (Å²) in [6, 6.07) is 22.8. The first kappa shape index (κ1) is 22.1. The number of oxazole rings is 1. The Bertz CT molecular complexity index is 1160. The Labute approximate surface area is 192 Å². The summed E-state index contributed by atoms with van der Waals surface area (Å²) in [6.07, 6.45) is 1.83. The summed E-state index contributed by atoms with van der Waals surface area (Å²) >= 11 is 0. The van der Waals surface area contributed by atoms with Crippen LogP contribution in [-0.2, 0) is 17.8 Å². The first-order valence-electron chi connectivity index (χ1n) is 10.7. The summed E-state index contributed by atoms with van der Waals surface area (Å²) in [6.45, 7) is 3.00. The van der Waals surface area contributed by atoms with Crippen LogP contribution in [0.5, 0.6) is 11.6 Å². The van der Waals surface area contributed by atoms with Gasteiger partial charge in [0, 0.05) is 24.4 Å². The third kappa shape index (κ3) is 6.43. The molecular formula is C26H25N3O4. The van der Waals surface area contributed by atoms with Gasteiger partial charge in [0.05, 0.1) is 12.1 Å². The summed E-state index contributed by atoms with van der Waals surface area (Å²) in [4.78, 5) is 21.1. The molecule has 0 atom stereocenters. The Balaban J connectivity index is 1.21. The normalized spacial score (nSPS) is 10.6. The predicted molar refractivity (Wildman–Crippen MR) is 124 cm³/mol. The maximum Gasteiger partial charge on any atom is 0.226 e. The van der Waals surface area contributed by atoms with Crippen molar-refractivity contribution >= 4 is 5.91 Å². The predicted octanol–water partition coefficient (Wildman–Crippen LogP) is 4.36. The lowest BCUT2D eigenvalue weighted by Crippen LogP contribution is -2.25. The molecule has 0 aliphatic carbocycles. The topological polar surface area (TPSA) is 86.5 Å². The number of nitrogens with zero attached hydrogens (tertiary/aromatic N) is 2. The maximum absolute atomic E-state index is 12.4. The first-order chi connectivity index (χ1) is 16.2. The molecule has 33 heavy (non-hydrogen) atoms. The number of pyridine rings is 1. The molecule has 1 amide bonds. The minimum atomic E-state index is -0.135. The number of para-hydroxylation sites is 1. The van der Waals surface area contributed by atoms with Gasteiger partial charge in [-0.2, -0.15) is 0 Å². The van der Waals surface area contributed by atoms with Crippen LogP contribution in [0.3, 0.4) is 0 Å². The third-order valence-corrected chi connectivity index (χ3v) is 4.87. The van der Waals surface area contributed by atoms with Crippen LogP contribution >= 0.6 is 0 Å². The Morgan fingerprint density at radius 1 is 0.939 bits per heavy atom. The molecule has 168 valence electrons. The van der Waals surface area contributed by atoms with Crippen LogP contribution in [0.15, 0.2) is 83.4 Å². The molecule has 2 heterocycles. The number of benzene rings is 2. The van der Waals surface area contributed by atoms with E-state index in [9.17, 15) is 4.79 Å². The summed E-state index contributed by atoms with van der Waals surface area (Å²) in [5, 5.41) is 2.89. The van der Waals surface area contributed by atoms with Gasteiger partial charge >= 0.3 is 0 Å². The number of carbonyl (C=O) groups is 1. The second kappa shape index (κ2) is 10.9. The zero-order chi connectivity index (χ0) is 22.9. The van der Waals surface area contributed by atoms with E-state index in [4.69, 9.17) is 13.9 Å². The first-order valence-corrected chi connectivity index (χ1v) is 10.7. The monoisotopic (exact) mass is 443 g/mol. The van der Waals surface area contributed by atoms with E-state index in [1.165, 1.54) is 0 Å². The van der Waals surface area contributed by atoms with Crippen molar-refractivity contribution in [2.24, 2.45) is 0 Å². The molecule has 0 radical (unpaired) electrons. The highest BCUT2D eigenvalue weighted by Gasteiger charge is 2.14. The molecule has 4 aromatic rings. The van der Waals surface area contributed by atoms with Gasteiger partial charge in [-0.1, -0.05) is 42.5 Å². The lowest BCUT2D eigenvalue weighted by molar-refractivity contribution is -0.120. The molecule has 7 nitrogen and oxygen atoms in total. The van der Waals surface area contributed by atoms with Crippen molar-refractivity contribution in [3.8, 4) is 23.1 Å². The molecule has 0 saturated carbocycles. The van der Waals surface area contributed by atoms with Gasteiger partial charge in [0.2, 0.25) is 17.7 Å². The maximum atomic E-state index is 12.4. The van der Waals surface area contributed by atoms with Crippen LogP contribution in [0.4, 0.5) is 0 Å². The van der Waals surface area contributed by atoms with E-state index in [-0.39, 0.29) is 12.3 Å². The minimum Gasteiger partial charge on any atom is -0.490 e. The SMILES string of the molecule is Cc1oc(-c2ccccc2)nc1CC(=O)NCc1ccc(OCCOc2ccccc2)nc1. The molecule has 0 aliphatic heterocycles. The van der Waals surface area contributed by atoms with E-state index in [0.717, 1.165) is 16.9 Å². The molecule has 0 aliphatic rings. The molecule has 2 aromatic heterocycles. The molecule has 1 N–H and O–H groups in total. The fourth-order valence-electron chi connectivity index (χ4n) is 3.13. The zero-order valence-corrected chi connectivity index (χ0v) is 18.4. The van der Waals surface area contributed by atoms with Gasteiger partial charge in [-0.15, -0.1) is 0 Å². The molecular weight excluding hydrogens is 418 g/mol. The quantitative estimate of drug-likeness (QED) is 0.367. The zero-order valence-electron chi connectivity index (χ0n) is 18.4. The molecule has 0 unspecified atom stereocenters. The average Bonchev–Trinajstić information content (AvgIpc) is 3.22. The number of carbonyl (C=O) groups excluding carboxylic acids is 1. The van der Waals surface area contributed by atoms with Gasteiger partial charge in [-0.05, 0) is 36.8 Å². The molecule has 0 fully saturated rings. The molecule has 2 aromatic carbocycles. The number of rotatable bonds is 10. The van der Waals surface area contributed by atoms with Gasteiger partial charge in [-0.25, -0.2) is 9.97 Å². The number of hydrogen-bond acceptors (Lipinski definition) is 6. The Morgan fingerprint density at radius 2 is 1.67 bits per heavy atom. The summed E-state index contributed by atoms with van der Waals surface area (Å²) in [5.41, 5.74) is 2.39. The van der Waals surface area contributed by atoms with Crippen LogP contribution in [0, 0.1) is 6.92 Å². The van der Waals surface area contributed by atoms with Crippen molar-refractivity contribution in [1.29, 1.82) is 0 Å². The summed E-state index contributed by atoms with van der Waals surface area (Å²) in [5.74, 6) is 2.34. The Morgan fingerprint density at radius 3 is 2.39 bits per heavy atom. The van der Waals surface area contributed by atoms with E-state index in [1.807, 2.05) is 73.7 Å². The smallest absolute Gasteiger partial charge is 0.226 e. The second-order valence-corrected chi connectivity index (χ2v) is 7.36. The van der Waals surface area contributed by atoms with Crippen LogP contribution in [0.25, 0.3) is 11.5 Å². The van der Waals surface area contributed by atoms with E-state index in [0.29, 0.717) is 43.0 Å². The fraction of sp³-hybridized carbons (Fsp3) is 0.192. The molecule has 4 rings (SSSR count). The van der Waals surface area contributed by atoms with E-state index >= 15 is 0 Å². The fourth-order valence-corrected chi connectivity index (χ4v) is 3.13. The molecule has 0 saturated heterocycles. The third-order valence-electron chi connectivity index (χ3n) is 4.87. The van der Waals surface area contributed by atoms with Gasteiger partial charge in [0.25, 0.3) is 0 Å². The summed E-state index contributed by atoms with van der Waals surface area (Å²) in [7, 11) is 0. The average molecular weight is 444 g/mol. The van der Waals surface area contributed by atoms with Crippen molar-refractivity contribution in [3.05, 3.63) is 96.0 Å². The van der Waals surface area contributed by atoms with Crippen molar-refractivity contribution in [3.63, 3.8) is 0 Å². The lowest BCUT2D eigenvalue weighted by atomic mass is 10.2. The Kier molecular flexibility index (Phi) is 7.33. The highest BCUT2D eigenvalue weighted by molar-refractivity contribution is 5.78. The van der Waals surface area contributed by atoms with Crippen LogP contribution < -0.4 is 14.8 Å². The van der Waals surface area contributed by atoms with Crippen molar-refractivity contribution in [2.75, 3.05) is 13.2 Å². The largest absolute Gasteiger partial charge is 0.490 e. The van der Waals surface area contributed by atoms with E-state index in [2.05, 4.69) is 15.3 Å². The van der Waals surface area contributed by atoms with E-state index in [1.54, 1.807) is 12.3 Å². The van der Waals surface area contributed by atoms with Crippen LogP contribution in [0.2, 0.25) is 0 Å².